The Hall–Kier alpha value is -3.17. The molecule has 3 rings (SSSR count). The number of ether oxygens (including phenoxy) is 1. The van der Waals surface area contributed by atoms with Gasteiger partial charge >= 0.3 is 0 Å². The third-order valence-corrected chi connectivity index (χ3v) is 5.16. The zero-order valence-corrected chi connectivity index (χ0v) is 17.8. The first kappa shape index (κ1) is 21.5. The molecule has 8 nitrogen and oxygen atoms in total. The van der Waals surface area contributed by atoms with Crippen LogP contribution in [0.2, 0.25) is 5.02 Å². The molecule has 1 saturated heterocycles. The number of rotatable bonds is 6. The highest BCUT2D eigenvalue weighted by molar-refractivity contribution is 7.80. The van der Waals surface area contributed by atoms with Crippen LogP contribution >= 0.6 is 23.8 Å². The smallest absolute Gasteiger partial charge is 0.269 e. The molecule has 1 aliphatic heterocycles. The summed E-state index contributed by atoms with van der Waals surface area (Å²) in [5, 5.41) is 4.27. The number of benzene rings is 2. The first-order valence-corrected chi connectivity index (χ1v) is 9.72. The number of hydrogen-bond donors (Lipinski definition) is 2. The lowest BCUT2D eigenvalue weighted by Crippen LogP contribution is -2.50. The minimum atomic E-state index is -0.990. The van der Waals surface area contributed by atoms with Gasteiger partial charge in [-0.2, -0.15) is 0 Å². The monoisotopic (exact) mass is 446 g/mol. The Kier molecular flexibility index (Phi) is 6.53. The molecule has 10 heteroatoms. The second kappa shape index (κ2) is 9.10. The molecule has 2 N–H and O–H groups in total. The highest BCUT2D eigenvalue weighted by Crippen LogP contribution is 2.27. The van der Waals surface area contributed by atoms with Crippen molar-refractivity contribution >= 4 is 52.3 Å². The van der Waals surface area contributed by atoms with E-state index >= 15 is 0 Å². The lowest BCUT2D eigenvalue weighted by atomic mass is 10.2. The van der Waals surface area contributed by atoms with Gasteiger partial charge in [-0.1, -0.05) is 11.6 Å². The van der Waals surface area contributed by atoms with Gasteiger partial charge in [-0.3, -0.25) is 24.7 Å². The van der Waals surface area contributed by atoms with Gasteiger partial charge in [-0.15, -0.1) is 0 Å². The number of thiocarbonyl (C=S) groups is 1. The maximum atomic E-state index is 13.1. The van der Waals surface area contributed by atoms with Gasteiger partial charge in [0, 0.05) is 17.6 Å². The summed E-state index contributed by atoms with van der Waals surface area (Å²) in [5.41, 5.74) is 3.47. The Bertz CT molecular complexity index is 981. The third kappa shape index (κ3) is 4.37. The Morgan fingerprint density at radius 2 is 1.77 bits per heavy atom. The molecule has 0 saturated carbocycles. The molecule has 0 aromatic heterocycles. The summed E-state index contributed by atoms with van der Waals surface area (Å²) >= 11 is 11.3. The van der Waals surface area contributed by atoms with Crippen LogP contribution in [0.3, 0.4) is 0 Å². The first-order valence-electron chi connectivity index (χ1n) is 8.94. The van der Waals surface area contributed by atoms with Crippen LogP contribution in [0.4, 0.5) is 5.69 Å². The molecule has 1 aliphatic rings. The van der Waals surface area contributed by atoms with Gasteiger partial charge in [0.2, 0.25) is 11.0 Å². The lowest BCUT2D eigenvalue weighted by molar-refractivity contribution is -0.127. The summed E-state index contributed by atoms with van der Waals surface area (Å²) in [6.45, 7) is 0. The highest BCUT2D eigenvalue weighted by Gasteiger charge is 2.45. The van der Waals surface area contributed by atoms with E-state index in [4.69, 9.17) is 28.6 Å². The van der Waals surface area contributed by atoms with Crippen LogP contribution in [-0.2, 0) is 9.59 Å². The number of carbonyl (C=O) groups excluding carboxylic acids is 3. The SMILES string of the molecule is CNC(=O)CC1C(=O)N(c2ccc(OC)cc2)C(=S)N1NC(=O)c1ccc(Cl)cc1. The topological polar surface area (TPSA) is 91.0 Å². The summed E-state index contributed by atoms with van der Waals surface area (Å²) in [6.07, 6.45) is -0.178. The quantitative estimate of drug-likeness (QED) is 0.660. The fraction of sp³-hybridized carbons (Fsp3) is 0.200. The van der Waals surface area contributed by atoms with Crippen molar-refractivity contribution < 1.29 is 19.1 Å². The van der Waals surface area contributed by atoms with E-state index in [1.165, 1.54) is 24.1 Å². The summed E-state index contributed by atoms with van der Waals surface area (Å²) < 4.78 is 5.14. The molecule has 0 spiro atoms. The average Bonchev–Trinajstić information content (AvgIpc) is 2.98. The molecule has 0 bridgehead atoms. The summed E-state index contributed by atoms with van der Waals surface area (Å²) in [5.74, 6) is -0.657. The van der Waals surface area contributed by atoms with Gasteiger partial charge in [-0.05, 0) is 60.7 Å². The summed E-state index contributed by atoms with van der Waals surface area (Å²) in [4.78, 5) is 39.1. The zero-order valence-electron chi connectivity index (χ0n) is 16.2. The van der Waals surface area contributed by atoms with Crippen LogP contribution in [0.25, 0.3) is 0 Å². The van der Waals surface area contributed by atoms with E-state index in [1.807, 2.05) is 0 Å². The predicted octanol–water partition coefficient (Wildman–Crippen LogP) is 2.13. The molecule has 1 atom stereocenters. The maximum Gasteiger partial charge on any atom is 0.269 e. The molecular weight excluding hydrogens is 428 g/mol. The number of nitrogens with one attached hydrogen (secondary N) is 2. The van der Waals surface area contributed by atoms with E-state index in [0.717, 1.165) is 0 Å². The van der Waals surface area contributed by atoms with Crippen molar-refractivity contribution in [1.29, 1.82) is 0 Å². The van der Waals surface area contributed by atoms with Crippen LogP contribution in [0.15, 0.2) is 48.5 Å². The van der Waals surface area contributed by atoms with Gasteiger partial charge < -0.3 is 10.1 Å². The van der Waals surface area contributed by atoms with Gasteiger partial charge in [0.15, 0.2) is 0 Å². The lowest BCUT2D eigenvalue weighted by Gasteiger charge is -2.24. The number of hydrazine groups is 1. The Labute approximate surface area is 183 Å². The van der Waals surface area contributed by atoms with Crippen molar-refractivity contribution in [3.8, 4) is 5.75 Å². The maximum absolute atomic E-state index is 13.1. The largest absolute Gasteiger partial charge is 0.497 e. The minimum absolute atomic E-state index is 0.0568. The predicted molar refractivity (Wildman–Crippen MR) is 116 cm³/mol. The van der Waals surface area contributed by atoms with Crippen molar-refractivity contribution in [2.75, 3.05) is 19.1 Å². The summed E-state index contributed by atoms with van der Waals surface area (Å²) in [6, 6.07) is 12.0. The van der Waals surface area contributed by atoms with Crippen LogP contribution < -0.4 is 20.4 Å². The Morgan fingerprint density at radius 3 is 2.33 bits per heavy atom. The van der Waals surface area contributed by atoms with Gasteiger partial charge in [0.25, 0.3) is 11.8 Å². The van der Waals surface area contributed by atoms with Crippen LogP contribution in [0.1, 0.15) is 16.8 Å². The molecule has 156 valence electrons. The van der Waals surface area contributed by atoms with Crippen molar-refractivity contribution in [1.82, 2.24) is 15.8 Å². The third-order valence-electron chi connectivity index (χ3n) is 4.53. The molecule has 3 amide bonds. The molecule has 1 unspecified atom stereocenters. The van der Waals surface area contributed by atoms with Crippen molar-refractivity contribution in [3.05, 3.63) is 59.1 Å². The fourth-order valence-electron chi connectivity index (χ4n) is 2.92. The highest BCUT2D eigenvalue weighted by atomic mass is 35.5. The molecule has 2 aromatic rings. The standard InChI is InChI=1S/C20H19ClN4O4S/c1-22-17(26)11-16-19(28)24(14-7-9-15(29-2)10-8-14)20(30)25(16)23-18(27)12-3-5-13(21)6-4-12/h3-10,16H,11H2,1-2H3,(H,22,26)(H,23,27). The minimum Gasteiger partial charge on any atom is -0.497 e. The van der Waals surface area contributed by atoms with Gasteiger partial charge in [-0.25, -0.2) is 5.01 Å². The van der Waals surface area contributed by atoms with E-state index in [-0.39, 0.29) is 17.4 Å². The molecule has 30 heavy (non-hydrogen) atoms. The van der Waals surface area contributed by atoms with Crippen LogP contribution in [0, 0.1) is 0 Å². The van der Waals surface area contributed by atoms with E-state index in [2.05, 4.69) is 10.7 Å². The summed E-state index contributed by atoms with van der Waals surface area (Å²) in [7, 11) is 3.01. The van der Waals surface area contributed by atoms with E-state index in [0.29, 0.717) is 22.0 Å². The fourth-order valence-corrected chi connectivity index (χ4v) is 3.42. The van der Waals surface area contributed by atoms with Crippen molar-refractivity contribution in [3.63, 3.8) is 0 Å². The number of halogens is 1. The van der Waals surface area contributed by atoms with Crippen molar-refractivity contribution in [2.24, 2.45) is 0 Å². The number of carbonyl (C=O) groups is 3. The zero-order chi connectivity index (χ0) is 21.8. The Balaban J connectivity index is 1.90. The molecular formula is C20H19ClN4O4S. The molecule has 2 aromatic carbocycles. The van der Waals surface area contributed by atoms with E-state index in [1.54, 1.807) is 48.5 Å². The molecule has 0 radical (unpaired) electrons. The Morgan fingerprint density at radius 1 is 1.13 bits per heavy atom. The molecule has 1 fully saturated rings. The van der Waals surface area contributed by atoms with E-state index in [9.17, 15) is 14.4 Å². The number of nitrogens with zero attached hydrogens (tertiary/aromatic N) is 2. The van der Waals surface area contributed by atoms with Gasteiger partial charge in [0.1, 0.15) is 11.8 Å². The van der Waals surface area contributed by atoms with Crippen LogP contribution in [-0.4, -0.2) is 48.0 Å². The van der Waals surface area contributed by atoms with Gasteiger partial charge in [0.05, 0.1) is 19.2 Å². The number of hydrogen-bond acceptors (Lipinski definition) is 5. The second-order valence-electron chi connectivity index (χ2n) is 6.37. The number of methoxy groups -OCH3 is 1. The normalized spacial score (nSPS) is 15.9. The second-order valence-corrected chi connectivity index (χ2v) is 7.17. The average molecular weight is 447 g/mol. The molecule has 0 aliphatic carbocycles. The van der Waals surface area contributed by atoms with Crippen molar-refractivity contribution in [2.45, 2.75) is 12.5 Å². The molecule has 1 heterocycles. The first-order chi connectivity index (χ1) is 14.3. The number of amides is 3. The van der Waals surface area contributed by atoms with Crippen LogP contribution in [0.5, 0.6) is 5.75 Å². The number of anilines is 1. The van der Waals surface area contributed by atoms with E-state index < -0.39 is 17.9 Å².